The first-order valence-electron chi connectivity index (χ1n) is 9.31. The van der Waals surface area contributed by atoms with Crippen LogP contribution in [0.3, 0.4) is 0 Å². The number of carbonyl (C=O) groups is 1. The van der Waals surface area contributed by atoms with Gasteiger partial charge < -0.3 is 10.1 Å². The topological polar surface area (TPSA) is 75.0 Å². The fraction of sp³-hybridized carbons (Fsp3) is 0.381. The standard InChI is InChI=1S/C21H21ClFN3O2/c1-2-20-19(23)9-14(12-25-20)21(27)26-15-4-7-16(8-5-15)28-17-6-3-13(11-24)18(22)10-17/h3,6,9-10,12,15-16H,2,4-5,7-8H2,1H3,(H,26,27)/t15-,16-. The van der Waals surface area contributed by atoms with Crippen LogP contribution in [0.25, 0.3) is 0 Å². The molecule has 1 saturated carbocycles. The molecular weight excluding hydrogens is 381 g/mol. The molecule has 1 amide bonds. The number of aromatic nitrogens is 1. The maximum Gasteiger partial charge on any atom is 0.253 e. The molecule has 0 radical (unpaired) electrons. The molecule has 1 heterocycles. The van der Waals surface area contributed by atoms with E-state index in [4.69, 9.17) is 21.6 Å². The molecule has 0 aliphatic heterocycles. The smallest absolute Gasteiger partial charge is 0.253 e. The summed E-state index contributed by atoms with van der Waals surface area (Å²) in [5.74, 6) is -0.125. The summed E-state index contributed by atoms with van der Waals surface area (Å²) in [6, 6.07) is 8.30. The predicted octanol–water partition coefficient (Wildman–Crippen LogP) is 4.43. The summed E-state index contributed by atoms with van der Waals surface area (Å²) >= 11 is 6.03. The third-order valence-corrected chi connectivity index (χ3v) is 5.20. The molecular formula is C21H21ClFN3O2. The molecule has 7 heteroatoms. The van der Waals surface area contributed by atoms with E-state index < -0.39 is 5.82 Å². The Kier molecular flexibility index (Phi) is 6.48. The van der Waals surface area contributed by atoms with Gasteiger partial charge in [0.2, 0.25) is 0 Å². The third-order valence-electron chi connectivity index (χ3n) is 4.89. The van der Waals surface area contributed by atoms with Gasteiger partial charge in [0.05, 0.1) is 27.9 Å². The molecule has 2 aromatic rings. The Morgan fingerprint density at radius 2 is 2.11 bits per heavy atom. The van der Waals surface area contributed by atoms with Crippen molar-refractivity contribution in [2.45, 2.75) is 51.2 Å². The Morgan fingerprint density at radius 1 is 1.36 bits per heavy atom. The monoisotopic (exact) mass is 401 g/mol. The lowest BCUT2D eigenvalue weighted by Gasteiger charge is -2.29. The van der Waals surface area contributed by atoms with Crippen LogP contribution in [0.4, 0.5) is 4.39 Å². The zero-order valence-corrected chi connectivity index (χ0v) is 16.3. The minimum absolute atomic E-state index is 0.0193. The summed E-state index contributed by atoms with van der Waals surface area (Å²) in [5.41, 5.74) is 1.01. The quantitative estimate of drug-likeness (QED) is 0.804. The molecule has 1 fully saturated rings. The average molecular weight is 402 g/mol. The van der Waals surface area contributed by atoms with Gasteiger partial charge in [0.25, 0.3) is 5.91 Å². The van der Waals surface area contributed by atoms with E-state index in [9.17, 15) is 9.18 Å². The lowest BCUT2D eigenvalue weighted by atomic mass is 9.92. The molecule has 0 unspecified atom stereocenters. The number of halogens is 2. The molecule has 1 aliphatic carbocycles. The van der Waals surface area contributed by atoms with Crippen molar-refractivity contribution in [3.8, 4) is 11.8 Å². The summed E-state index contributed by atoms with van der Waals surface area (Å²) in [6.45, 7) is 1.82. The van der Waals surface area contributed by atoms with Crippen molar-refractivity contribution in [2.24, 2.45) is 0 Å². The molecule has 1 aliphatic rings. The van der Waals surface area contributed by atoms with Crippen LogP contribution in [-0.2, 0) is 6.42 Å². The van der Waals surface area contributed by atoms with Crippen molar-refractivity contribution in [3.63, 3.8) is 0 Å². The van der Waals surface area contributed by atoms with E-state index in [1.165, 1.54) is 12.3 Å². The number of pyridine rings is 1. The van der Waals surface area contributed by atoms with Crippen LogP contribution in [0.1, 0.15) is 54.2 Å². The number of aryl methyl sites for hydroxylation is 1. The normalized spacial score (nSPS) is 18.9. The van der Waals surface area contributed by atoms with Crippen molar-refractivity contribution in [1.82, 2.24) is 10.3 Å². The van der Waals surface area contributed by atoms with Crippen LogP contribution in [0.5, 0.6) is 5.75 Å². The minimum atomic E-state index is -0.451. The fourth-order valence-electron chi connectivity index (χ4n) is 3.30. The molecule has 28 heavy (non-hydrogen) atoms. The third kappa shape index (κ3) is 4.79. The van der Waals surface area contributed by atoms with Crippen molar-refractivity contribution in [3.05, 3.63) is 58.1 Å². The zero-order chi connectivity index (χ0) is 20.1. The van der Waals surface area contributed by atoms with Gasteiger partial charge in [0, 0.05) is 18.3 Å². The second kappa shape index (κ2) is 9.03. The van der Waals surface area contributed by atoms with Gasteiger partial charge in [-0.3, -0.25) is 9.78 Å². The highest BCUT2D eigenvalue weighted by molar-refractivity contribution is 6.31. The van der Waals surface area contributed by atoms with Crippen LogP contribution in [0.15, 0.2) is 30.5 Å². The zero-order valence-electron chi connectivity index (χ0n) is 15.5. The average Bonchev–Trinajstić information content (AvgIpc) is 2.69. The van der Waals surface area contributed by atoms with Gasteiger partial charge in [-0.25, -0.2) is 4.39 Å². The van der Waals surface area contributed by atoms with E-state index in [1.807, 2.05) is 13.0 Å². The number of amides is 1. The summed E-state index contributed by atoms with van der Waals surface area (Å²) in [6.07, 6.45) is 5.03. The number of ether oxygens (including phenoxy) is 1. The molecule has 0 saturated heterocycles. The number of nitrogens with one attached hydrogen (secondary N) is 1. The molecule has 0 bridgehead atoms. The van der Waals surface area contributed by atoms with Gasteiger partial charge in [-0.05, 0) is 50.3 Å². The van der Waals surface area contributed by atoms with Crippen molar-refractivity contribution < 1.29 is 13.9 Å². The van der Waals surface area contributed by atoms with Crippen molar-refractivity contribution in [2.75, 3.05) is 0 Å². The van der Waals surface area contributed by atoms with E-state index in [2.05, 4.69) is 10.3 Å². The van der Waals surface area contributed by atoms with Crippen molar-refractivity contribution >= 4 is 17.5 Å². The maximum atomic E-state index is 13.8. The van der Waals surface area contributed by atoms with Crippen LogP contribution in [0, 0.1) is 17.1 Å². The number of hydrogen-bond acceptors (Lipinski definition) is 4. The number of rotatable bonds is 5. The highest BCUT2D eigenvalue weighted by Gasteiger charge is 2.24. The van der Waals surface area contributed by atoms with E-state index in [0.717, 1.165) is 25.7 Å². The van der Waals surface area contributed by atoms with E-state index in [0.29, 0.717) is 28.5 Å². The summed E-state index contributed by atoms with van der Waals surface area (Å²) in [4.78, 5) is 16.3. The number of carbonyl (C=O) groups excluding carboxylic acids is 1. The largest absolute Gasteiger partial charge is 0.490 e. The molecule has 5 nitrogen and oxygen atoms in total. The summed E-state index contributed by atoms with van der Waals surface area (Å²) in [7, 11) is 0. The van der Waals surface area contributed by atoms with Crippen LogP contribution >= 0.6 is 11.6 Å². The first kappa shape index (κ1) is 20.1. The molecule has 146 valence electrons. The lowest BCUT2D eigenvalue weighted by molar-refractivity contribution is 0.0893. The molecule has 1 N–H and O–H groups in total. The first-order chi connectivity index (χ1) is 13.5. The number of nitriles is 1. The molecule has 0 atom stereocenters. The lowest BCUT2D eigenvalue weighted by Crippen LogP contribution is -2.39. The van der Waals surface area contributed by atoms with Gasteiger partial charge in [-0.2, -0.15) is 5.26 Å². The Bertz CT molecular complexity index is 905. The van der Waals surface area contributed by atoms with Gasteiger partial charge in [-0.15, -0.1) is 0 Å². The van der Waals surface area contributed by atoms with Gasteiger partial charge in [0.1, 0.15) is 17.6 Å². The van der Waals surface area contributed by atoms with Crippen molar-refractivity contribution in [1.29, 1.82) is 5.26 Å². The summed E-state index contributed by atoms with van der Waals surface area (Å²) in [5, 5.41) is 12.2. The van der Waals surface area contributed by atoms with E-state index in [-0.39, 0.29) is 23.6 Å². The number of benzene rings is 1. The highest BCUT2D eigenvalue weighted by atomic mass is 35.5. The van der Waals surface area contributed by atoms with Gasteiger partial charge in [-0.1, -0.05) is 18.5 Å². The summed E-state index contributed by atoms with van der Waals surface area (Å²) < 4.78 is 19.8. The molecule has 1 aromatic carbocycles. The van der Waals surface area contributed by atoms with Gasteiger partial charge in [0.15, 0.2) is 0 Å². The molecule has 3 rings (SSSR count). The van der Waals surface area contributed by atoms with Gasteiger partial charge >= 0.3 is 0 Å². The predicted molar refractivity (Wildman–Crippen MR) is 104 cm³/mol. The molecule has 0 spiro atoms. The Morgan fingerprint density at radius 3 is 2.71 bits per heavy atom. The Labute approximate surface area is 168 Å². The fourth-order valence-corrected chi connectivity index (χ4v) is 3.51. The Balaban J connectivity index is 1.51. The Hall–Kier alpha value is -2.65. The second-order valence-corrected chi connectivity index (χ2v) is 7.23. The van der Waals surface area contributed by atoms with Crippen LogP contribution in [-0.4, -0.2) is 23.0 Å². The number of nitrogens with zero attached hydrogens (tertiary/aromatic N) is 2. The maximum absolute atomic E-state index is 13.8. The number of hydrogen-bond donors (Lipinski definition) is 1. The van der Waals surface area contributed by atoms with Crippen LogP contribution < -0.4 is 10.1 Å². The van der Waals surface area contributed by atoms with Crippen LogP contribution in [0.2, 0.25) is 5.02 Å². The van der Waals surface area contributed by atoms with E-state index in [1.54, 1.807) is 18.2 Å². The highest BCUT2D eigenvalue weighted by Crippen LogP contribution is 2.27. The SMILES string of the molecule is CCc1ncc(C(=O)N[C@H]2CC[C@H](Oc3ccc(C#N)c(Cl)c3)CC2)cc1F. The first-order valence-corrected chi connectivity index (χ1v) is 9.69. The second-order valence-electron chi connectivity index (χ2n) is 6.82. The minimum Gasteiger partial charge on any atom is -0.490 e. The van der Waals surface area contributed by atoms with E-state index >= 15 is 0 Å². The molecule has 1 aromatic heterocycles.